The van der Waals surface area contributed by atoms with Gasteiger partial charge in [-0.1, -0.05) is 42.6 Å². The molecule has 3 rings (SSSR count). The maximum atomic E-state index is 13.6. The molecule has 1 atom stereocenters. The third-order valence-corrected chi connectivity index (χ3v) is 7.53. The van der Waals surface area contributed by atoms with E-state index in [2.05, 4.69) is 5.32 Å². The minimum atomic E-state index is -3.80. The van der Waals surface area contributed by atoms with E-state index in [1.54, 1.807) is 44.4 Å². The van der Waals surface area contributed by atoms with Crippen molar-refractivity contribution < 1.29 is 22.7 Å². The van der Waals surface area contributed by atoms with Crippen molar-refractivity contribution in [1.82, 2.24) is 10.2 Å². The Morgan fingerprint density at radius 3 is 2.37 bits per heavy atom. The molecular weight excluding hydrogens is 490 g/mol. The van der Waals surface area contributed by atoms with E-state index in [1.807, 2.05) is 12.1 Å². The van der Waals surface area contributed by atoms with Crippen molar-refractivity contribution in [3.63, 3.8) is 0 Å². The number of amides is 2. The van der Waals surface area contributed by atoms with Gasteiger partial charge in [-0.15, -0.1) is 0 Å². The SMILES string of the molecule is COc1ccc(CN(C(=O)CN(c2cccc(Cl)c2)S(C)(=O)=O)[C@H](C)C(=O)NC2CCCC2)cc1. The molecule has 1 aliphatic rings. The third kappa shape index (κ3) is 7.35. The first kappa shape index (κ1) is 26.8. The van der Waals surface area contributed by atoms with Gasteiger partial charge in [0.25, 0.3) is 0 Å². The van der Waals surface area contributed by atoms with Gasteiger partial charge < -0.3 is 15.0 Å². The molecule has 1 fully saturated rings. The summed E-state index contributed by atoms with van der Waals surface area (Å²) >= 11 is 6.06. The lowest BCUT2D eigenvalue weighted by Gasteiger charge is -2.32. The lowest BCUT2D eigenvalue weighted by Crippen LogP contribution is -2.52. The van der Waals surface area contributed by atoms with E-state index in [1.165, 1.54) is 11.0 Å². The molecule has 1 saturated carbocycles. The molecule has 0 bridgehead atoms. The van der Waals surface area contributed by atoms with Crippen LogP contribution in [0.15, 0.2) is 48.5 Å². The van der Waals surface area contributed by atoms with Gasteiger partial charge in [-0.05, 0) is 55.7 Å². The summed E-state index contributed by atoms with van der Waals surface area (Å²) in [5.41, 5.74) is 1.06. The minimum absolute atomic E-state index is 0.0990. The van der Waals surface area contributed by atoms with Crippen molar-refractivity contribution in [2.75, 3.05) is 24.2 Å². The summed E-state index contributed by atoms with van der Waals surface area (Å²) in [6, 6.07) is 12.8. The second-order valence-electron chi connectivity index (χ2n) is 8.79. The molecule has 0 heterocycles. The Balaban J connectivity index is 1.87. The molecule has 8 nitrogen and oxygen atoms in total. The normalized spacial score (nSPS) is 14.9. The van der Waals surface area contributed by atoms with Crippen molar-refractivity contribution >= 4 is 39.1 Å². The van der Waals surface area contributed by atoms with E-state index in [9.17, 15) is 18.0 Å². The van der Waals surface area contributed by atoms with Crippen LogP contribution in [0.3, 0.4) is 0 Å². The molecular formula is C25H32ClN3O5S. The number of carbonyl (C=O) groups excluding carboxylic acids is 2. The summed E-state index contributed by atoms with van der Waals surface area (Å²) < 4.78 is 31.4. The van der Waals surface area contributed by atoms with Crippen LogP contribution in [-0.2, 0) is 26.2 Å². The second-order valence-corrected chi connectivity index (χ2v) is 11.1. The first-order chi connectivity index (χ1) is 16.6. The van der Waals surface area contributed by atoms with E-state index in [0.29, 0.717) is 10.8 Å². The van der Waals surface area contributed by atoms with Crippen LogP contribution in [-0.4, -0.2) is 57.1 Å². The lowest BCUT2D eigenvalue weighted by atomic mass is 10.1. The molecule has 0 saturated heterocycles. The van der Waals surface area contributed by atoms with Gasteiger partial charge in [0.05, 0.1) is 19.1 Å². The van der Waals surface area contributed by atoms with Crippen LogP contribution >= 0.6 is 11.6 Å². The Kier molecular flexibility index (Phi) is 9.02. The first-order valence-electron chi connectivity index (χ1n) is 11.5. The van der Waals surface area contributed by atoms with Crippen LogP contribution in [0, 0.1) is 0 Å². The molecule has 1 aliphatic carbocycles. The van der Waals surface area contributed by atoms with Crippen LogP contribution < -0.4 is 14.4 Å². The highest BCUT2D eigenvalue weighted by atomic mass is 35.5. The van der Waals surface area contributed by atoms with E-state index >= 15 is 0 Å². The van der Waals surface area contributed by atoms with Crippen LogP contribution in [0.4, 0.5) is 5.69 Å². The fourth-order valence-electron chi connectivity index (χ4n) is 4.15. The summed E-state index contributed by atoms with van der Waals surface area (Å²) in [7, 11) is -2.23. The summed E-state index contributed by atoms with van der Waals surface area (Å²) in [5.74, 6) is -0.0874. The Morgan fingerprint density at radius 1 is 1.14 bits per heavy atom. The number of benzene rings is 2. The number of rotatable bonds is 10. The fourth-order valence-corrected chi connectivity index (χ4v) is 5.17. The number of sulfonamides is 1. The number of halogens is 1. The number of hydrogen-bond acceptors (Lipinski definition) is 5. The standard InChI is InChI=1S/C25H32ClN3O5S/c1-18(25(31)27-21-8-4-5-9-21)28(16-19-11-13-23(34-2)14-12-19)24(30)17-29(35(3,32)33)22-10-6-7-20(26)15-22/h6-7,10-15,18,21H,4-5,8-9,16-17H2,1-3H3,(H,27,31)/t18-/m1/s1. The zero-order valence-corrected chi connectivity index (χ0v) is 21.8. The van der Waals surface area contributed by atoms with Crippen molar-refractivity contribution in [3.05, 3.63) is 59.1 Å². The third-order valence-electron chi connectivity index (χ3n) is 6.16. The highest BCUT2D eigenvalue weighted by Crippen LogP contribution is 2.23. The molecule has 190 valence electrons. The van der Waals surface area contributed by atoms with Crippen LogP contribution in [0.1, 0.15) is 38.2 Å². The maximum Gasteiger partial charge on any atom is 0.244 e. The topological polar surface area (TPSA) is 96.0 Å². The predicted octanol–water partition coefficient (Wildman–Crippen LogP) is 3.59. The lowest BCUT2D eigenvalue weighted by molar-refractivity contribution is -0.139. The number of carbonyl (C=O) groups is 2. The molecule has 1 N–H and O–H groups in total. The van der Waals surface area contributed by atoms with E-state index < -0.39 is 28.5 Å². The number of anilines is 1. The van der Waals surface area contributed by atoms with Gasteiger partial charge in [-0.2, -0.15) is 0 Å². The van der Waals surface area contributed by atoms with Crippen molar-refractivity contribution in [1.29, 1.82) is 0 Å². The number of nitrogens with zero attached hydrogens (tertiary/aromatic N) is 2. The molecule has 2 aromatic rings. The molecule has 0 aliphatic heterocycles. The Bertz CT molecular complexity index is 1130. The highest BCUT2D eigenvalue weighted by Gasteiger charge is 2.31. The van der Waals surface area contributed by atoms with Crippen molar-refractivity contribution in [2.24, 2.45) is 0 Å². The van der Waals surface area contributed by atoms with Gasteiger partial charge in [0.2, 0.25) is 21.8 Å². The first-order valence-corrected chi connectivity index (χ1v) is 13.8. The molecule has 0 spiro atoms. The maximum absolute atomic E-state index is 13.6. The summed E-state index contributed by atoms with van der Waals surface area (Å²) in [6.07, 6.45) is 5.00. The zero-order chi connectivity index (χ0) is 25.6. The Morgan fingerprint density at radius 2 is 1.80 bits per heavy atom. The molecule has 0 unspecified atom stereocenters. The molecule has 0 radical (unpaired) electrons. The van der Waals surface area contributed by atoms with Gasteiger partial charge in [0, 0.05) is 17.6 Å². The Hall–Kier alpha value is -2.78. The van der Waals surface area contributed by atoms with E-state index in [0.717, 1.165) is 41.8 Å². The highest BCUT2D eigenvalue weighted by molar-refractivity contribution is 7.92. The van der Waals surface area contributed by atoms with Crippen molar-refractivity contribution in [2.45, 2.75) is 51.2 Å². The average Bonchev–Trinajstić information content (AvgIpc) is 3.33. The van der Waals surface area contributed by atoms with Crippen LogP contribution in [0.25, 0.3) is 0 Å². The van der Waals surface area contributed by atoms with E-state index in [4.69, 9.17) is 16.3 Å². The van der Waals surface area contributed by atoms with Gasteiger partial charge in [-0.3, -0.25) is 13.9 Å². The van der Waals surface area contributed by atoms with Crippen molar-refractivity contribution in [3.8, 4) is 5.75 Å². The molecule has 2 aromatic carbocycles. The second kappa shape index (κ2) is 11.8. The smallest absolute Gasteiger partial charge is 0.244 e. The van der Waals surface area contributed by atoms with Gasteiger partial charge in [0.15, 0.2) is 0 Å². The fraction of sp³-hybridized carbons (Fsp3) is 0.440. The number of nitrogens with one attached hydrogen (secondary N) is 1. The number of ether oxygens (including phenoxy) is 1. The van der Waals surface area contributed by atoms with Gasteiger partial charge in [0.1, 0.15) is 18.3 Å². The number of hydrogen-bond donors (Lipinski definition) is 1. The quantitative estimate of drug-likeness (QED) is 0.515. The molecule has 35 heavy (non-hydrogen) atoms. The summed E-state index contributed by atoms with van der Waals surface area (Å²) in [6.45, 7) is 1.33. The minimum Gasteiger partial charge on any atom is -0.497 e. The largest absolute Gasteiger partial charge is 0.497 e. The summed E-state index contributed by atoms with van der Waals surface area (Å²) in [5, 5.41) is 3.39. The Labute approximate surface area is 212 Å². The average molecular weight is 522 g/mol. The van der Waals surface area contributed by atoms with Crippen LogP contribution in [0.2, 0.25) is 5.02 Å². The monoisotopic (exact) mass is 521 g/mol. The van der Waals surface area contributed by atoms with Crippen LogP contribution in [0.5, 0.6) is 5.75 Å². The van der Waals surface area contributed by atoms with E-state index in [-0.39, 0.29) is 24.2 Å². The van der Waals surface area contributed by atoms with Gasteiger partial charge >= 0.3 is 0 Å². The molecule has 0 aromatic heterocycles. The van der Waals surface area contributed by atoms with Gasteiger partial charge in [-0.25, -0.2) is 8.42 Å². The molecule has 10 heteroatoms. The number of methoxy groups -OCH3 is 1. The molecule has 2 amide bonds. The summed E-state index contributed by atoms with van der Waals surface area (Å²) in [4.78, 5) is 28.0. The predicted molar refractivity (Wildman–Crippen MR) is 137 cm³/mol. The zero-order valence-electron chi connectivity index (χ0n) is 20.2.